The summed E-state index contributed by atoms with van der Waals surface area (Å²) in [7, 11) is 1.82. The van der Waals surface area contributed by atoms with Crippen molar-refractivity contribution in [3.8, 4) is 5.75 Å². The standard InChI is InChI=1S/C18H22ClN3O2/c1-12-16(17(19)21(3)20-12)15-10-7-11-22(15)18(23)13(2)24-14-8-5-4-6-9-14/h4-6,8-9,13,15H,7,10-11H2,1-3H3/t13-,15+/m0/s1. The number of amides is 1. The fourth-order valence-electron chi connectivity index (χ4n) is 3.34. The van der Waals surface area contributed by atoms with Crippen molar-refractivity contribution in [2.75, 3.05) is 6.54 Å². The van der Waals surface area contributed by atoms with Crippen molar-refractivity contribution in [3.05, 3.63) is 46.7 Å². The summed E-state index contributed by atoms with van der Waals surface area (Å²) in [4.78, 5) is 14.8. The second-order valence-corrected chi connectivity index (χ2v) is 6.53. The molecule has 24 heavy (non-hydrogen) atoms. The van der Waals surface area contributed by atoms with E-state index in [1.54, 1.807) is 11.6 Å². The highest BCUT2D eigenvalue weighted by Gasteiger charge is 2.36. The van der Waals surface area contributed by atoms with E-state index in [1.165, 1.54) is 0 Å². The van der Waals surface area contributed by atoms with Gasteiger partial charge >= 0.3 is 0 Å². The maximum absolute atomic E-state index is 12.9. The Labute approximate surface area is 147 Å². The van der Waals surface area contributed by atoms with Crippen molar-refractivity contribution in [2.24, 2.45) is 7.05 Å². The van der Waals surface area contributed by atoms with Gasteiger partial charge in [-0.15, -0.1) is 0 Å². The van der Waals surface area contributed by atoms with Crippen LogP contribution >= 0.6 is 11.6 Å². The molecule has 0 spiro atoms. The molecule has 6 heteroatoms. The molecule has 1 aliphatic heterocycles. The number of nitrogens with zero attached hydrogens (tertiary/aromatic N) is 3. The molecule has 0 N–H and O–H groups in total. The summed E-state index contributed by atoms with van der Waals surface area (Å²) >= 11 is 6.40. The lowest BCUT2D eigenvalue weighted by molar-refractivity contribution is -0.138. The molecule has 5 nitrogen and oxygen atoms in total. The Morgan fingerprint density at radius 1 is 1.38 bits per heavy atom. The van der Waals surface area contributed by atoms with Crippen molar-refractivity contribution in [1.82, 2.24) is 14.7 Å². The van der Waals surface area contributed by atoms with Crippen molar-refractivity contribution in [2.45, 2.75) is 38.8 Å². The summed E-state index contributed by atoms with van der Waals surface area (Å²) in [6.45, 7) is 4.45. The molecule has 1 fully saturated rings. The van der Waals surface area contributed by atoms with Crippen LogP contribution in [0.5, 0.6) is 5.75 Å². The fraction of sp³-hybridized carbons (Fsp3) is 0.444. The first-order valence-corrected chi connectivity index (χ1v) is 8.58. The van der Waals surface area contributed by atoms with E-state index < -0.39 is 6.10 Å². The predicted octanol–water partition coefficient (Wildman–Crippen LogP) is 3.51. The first-order chi connectivity index (χ1) is 11.5. The average Bonchev–Trinajstić information content (AvgIpc) is 3.12. The number of carbonyl (C=O) groups excluding carboxylic acids is 1. The quantitative estimate of drug-likeness (QED) is 0.850. The third-order valence-corrected chi connectivity index (χ3v) is 4.92. The monoisotopic (exact) mass is 347 g/mol. The Morgan fingerprint density at radius 3 is 2.71 bits per heavy atom. The number of rotatable bonds is 4. The molecule has 2 heterocycles. The van der Waals surface area contributed by atoms with E-state index >= 15 is 0 Å². The van der Waals surface area contributed by atoms with Gasteiger partial charge in [-0.2, -0.15) is 5.10 Å². The molecule has 2 aromatic rings. The number of hydrogen-bond acceptors (Lipinski definition) is 3. The molecular formula is C18H22ClN3O2. The van der Waals surface area contributed by atoms with Crippen LogP contribution in [0.1, 0.15) is 37.1 Å². The van der Waals surface area contributed by atoms with Gasteiger partial charge in [0, 0.05) is 19.2 Å². The van der Waals surface area contributed by atoms with Crippen LogP contribution in [0.25, 0.3) is 0 Å². The number of para-hydroxylation sites is 1. The molecule has 1 saturated heterocycles. The van der Waals surface area contributed by atoms with Crippen molar-refractivity contribution < 1.29 is 9.53 Å². The van der Waals surface area contributed by atoms with E-state index in [2.05, 4.69) is 5.10 Å². The zero-order chi connectivity index (χ0) is 17.3. The Balaban J connectivity index is 1.78. The second kappa shape index (κ2) is 6.85. The van der Waals surface area contributed by atoms with E-state index in [4.69, 9.17) is 16.3 Å². The maximum atomic E-state index is 12.9. The SMILES string of the molecule is Cc1nn(C)c(Cl)c1[C@H]1CCCN1C(=O)[C@H](C)Oc1ccccc1. The van der Waals surface area contributed by atoms with Gasteiger partial charge in [-0.05, 0) is 38.8 Å². The van der Waals surface area contributed by atoms with E-state index in [0.717, 1.165) is 30.6 Å². The summed E-state index contributed by atoms with van der Waals surface area (Å²) in [5, 5.41) is 4.98. The third-order valence-electron chi connectivity index (χ3n) is 4.47. The number of benzene rings is 1. The lowest BCUT2D eigenvalue weighted by atomic mass is 10.1. The molecule has 1 aromatic heterocycles. The zero-order valence-electron chi connectivity index (χ0n) is 14.2. The average molecular weight is 348 g/mol. The lowest BCUT2D eigenvalue weighted by Crippen LogP contribution is -2.40. The summed E-state index contributed by atoms with van der Waals surface area (Å²) in [5.41, 5.74) is 1.83. The van der Waals surface area contributed by atoms with Crippen molar-refractivity contribution in [3.63, 3.8) is 0 Å². The normalized spacial score (nSPS) is 18.7. The molecule has 1 aromatic carbocycles. The highest BCUT2D eigenvalue weighted by molar-refractivity contribution is 6.30. The Hall–Kier alpha value is -2.01. The topological polar surface area (TPSA) is 47.4 Å². The fourth-order valence-corrected chi connectivity index (χ4v) is 3.64. The van der Waals surface area contributed by atoms with Gasteiger partial charge in [0.2, 0.25) is 0 Å². The summed E-state index contributed by atoms with van der Waals surface area (Å²) in [6, 6.07) is 9.39. The summed E-state index contributed by atoms with van der Waals surface area (Å²) < 4.78 is 7.46. The van der Waals surface area contributed by atoms with Crippen LogP contribution in [0.4, 0.5) is 0 Å². The molecule has 2 atom stereocenters. The zero-order valence-corrected chi connectivity index (χ0v) is 15.0. The van der Waals surface area contributed by atoms with Gasteiger partial charge in [0.05, 0.1) is 11.7 Å². The minimum atomic E-state index is -0.538. The largest absolute Gasteiger partial charge is 0.481 e. The Morgan fingerprint density at radius 2 is 2.08 bits per heavy atom. The molecular weight excluding hydrogens is 326 g/mol. The van der Waals surface area contributed by atoms with E-state index in [9.17, 15) is 4.79 Å². The molecule has 0 saturated carbocycles. The summed E-state index contributed by atoms with van der Waals surface area (Å²) in [6.07, 6.45) is 1.32. The summed E-state index contributed by atoms with van der Waals surface area (Å²) in [5.74, 6) is 0.686. The minimum Gasteiger partial charge on any atom is -0.481 e. The number of ether oxygens (including phenoxy) is 1. The minimum absolute atomic E-state index is 0.0133. The van der Waals surface area contributed by atoms with Crippen LogP contribution in [-0.4, -0.2) is 33.2 Å². The highest BCUT2D eigenvalue weighted by Crippen LogP contribution is 2.38. The van der Waals surface area contributed by atoms with E-state index in [1.807, 2.05) is 49.2 Å². The molecule has 1 aliphatic rings. The Kier molecular flexibility index (Phi) is 4.81. The molecule has 128 valence electrons. The van der Waals surface area contributed by atoms with Gasteiger partial charge in [0.15, 0.2) is 6.10 Å². The van der Waals surface area contributed by atoms with Crippen LogP contribution < -0.4 is 4.74 Å². The van der Waals surface area contributed by atoms with Crippen molar-refractivity contribution >= 4 is 17.5 Å². The molecule has 0 aliphatic carbocycles. The predicted molar refractivity (Wildman–Crippen MR) is 93.2 cm³/mol. The van der Waals surface area contributed by atoms with Gasteiger partial charge in [-0.3, -0.25) is 9.48 Å². The van der Waals surface area contributed by atoms with Gasteiger partial charge in [0.1, 0.15) is 10.9 Å². The first-order valence-electron chi connectivity index (χ1n) is 8.20. The molecule has 0 radical (unpaired) electrons. The molecule has 3 rings (SSSR count). The Bertz CT molecular complexity index is 729. The highest BCUT2D eigenvalue weighted by atomic mass is 35.5. The smallest absolute Gasteiger partial charge is 0.263 e. The van der Waals surface area contributed by atoms with E-state index in [0.29, 0.717) is 10.9 Å². The van der Waals surface area contributed by atoms with Gasteiger partial charge in [0.25, 0.3) is 5.91 Å². The number of aryl methyl sites for hydroxylation is 2. The number of aromatic nitrogens is 2. The third kappa shape index (κ3) is 3.13. The molecule has 0 bridgehead atoms. The van der Waals surface area contributed by atoms with Gasteiger partial charge < -0.3 is 9.64 Å². The number of carbonyl (C=O) groups is 1. The maximum Gasteiger partial charge on any atom is 0.263 e. The van der Waals surface area contributed by atoms with Crippen LogP contribution in [0.15, 0.2) is 30.3 Å². The number of halogens is 1. The number of likely N-dealkylation sites (tertiary alicyclic amines) is 1. The first kappa shape index (κ1) is 16.8. The van der Waals surface area contributed by atoms with Crippen LogP contribution in [0.3, 0.4) is 0 Å². The van der Waals surface area contributed by atoms with Gasteiger partial charge in [-0.1, -0.05) is 29.8 Å². The van der Waals surface area contributed by atoms with Crippen LogP contribution in [0.2, 0.25) is 5.15 Å². The molecule has 0 unspecified atom stereocenters. The van der Waals surface area contributed by atoms with Crippen LogP contribution in [0, 0.1) is 6.92 Å². The lowest BCUT2D eigenvalue weighted by Gasteiger charge is -2.28. The van der Waals surface area contributed by atoms with Gasteiger partial charge in [-0.25, -0.2) is 0 Å². The van der Waals surface area contributed by atoms with Crippen molar-refractivity contribution in [1.29, 1.82) is 0 Å². The molecule has 1 amide bonds. The van der Waals surface area contributed by atoms with Crippen LogP contribution in [-0.2, 0) is 11.8 Å². The van der Waals surface area contributed by atoms with E-state index in [-0.39, 0.29) is 11.9 Å². The number of hydrogen-bond donors (Lipinski definition) is 0. The second-order valence-electron chi connectivity index (χ2n) is 6.18.